The van der Waals surface area contributed by atoms with Crippen molar-refractivity contribution in [3.63, 3.8) is 0 Å². The quantitative estimate of drug-likeness (QED) is 0.850. The topological polar surface area (TPSA) is 51.2 Å². The summed E-state index contributed by atoms with van der Waals surface area (Å²) in [4.78, 5) is 0. The molecule has 3 rings (SSSR count). The monoisotopic (exact) mass is 306 g/mol. The van der Waals surface area contributed by atoms with Crippen molar-refractivity contribution in [1.82, 2.24) is 0 Å². The lowest BCUT2D eigenvalue weighted by Crippen LogP contribution is -2.49. The minimum atomic E-state index is -1.05. The second kappa shape index (κ2) is 5.60. The van der Waals surface area contributed by atoms with Crippen LogP contribution >= 0.6 is 0 Å². The van der Waals surface area contributed by atoms with Crippen molar-refractivity contribution in [2.24, 2.45) is 0 Å². The van der Waals surface area contributed by atoms with Crippen molar-refractivity contribution in [1.29, 1.82) is 0 Å². The first-order valence-corrected chi connectivity index (χ1v) is 8.07. The maximum atomic E-state index is 11.0. The number of benzene rings is 1. The third-order valence-corrected chi connectivity index (χ3v) is 4.82. The summed E-state index contributed by atoms with van der Waals surface area (Å²) in [7, 11) is 0. The Kier molecular flexibility index (Phi) is 4.06. The van der Waals surface area contributed by atoms with Gasteiger partial charge in [0, 0.05) is 0 Å². The summed E-state index contributed by atoms with van der Waals surface area (Å²) >= 11 is 0. The molecular weight excluding hydrogens is 280 g/mol. The van der Waals surface area contributed by atoms with E-state index in [9.17, 15) is 5.11 Å². The Hall–Kier alpha value is -0.940. The third kappa shape index (κ3) is 2.81. The normalized spacial score (nSPS) is 39.9. The van der Waals surface area contributed by atoms with Crippen LogP contribution in [0.1, 0.15) is 39.7 Å². The lowest BCUT2D eigenvalue weighted by Gasteiger charge is -2.29. The molecule has 0 bridgehead atoms. The molecule has 2 unspecified atom stereocenters. The molecule has 1 N–H and O–H groups in total. The molecule has 0 spiro atoms. The smallest absolute Gasteiger partial charge is 0.119 e. The first-order valence-electron chi connectivity index (χ1n) is 8.07. The summed E-state index contributed by atoms with van der Waals surface area (Å²) in [5, 5.41) is 11.0. The van der Waals surface area contributed by atoms with Crippen molar-refractivity contribution in [3.8, 4) is 0 Å². The Bertz CT molecular complexity index is 511. The van der Waals surface area contributed by atoms with Crippen LogP contribution in [0.5, 0.6) is 0 Å². The average Bonchev–Trinajstić information content (AvgIpc) is 3.01. The van der Waals surface area contributed by atoms with Gasteiger partial charge in [0.05, 0.1) is 18.3 Å². The summed E-state index contributed by atoms with van der Waals surface area (Å²) in [5.74, 6) is 0. The predicted octanol–water partition coefficient (Wildman–Crippen LogP) is 2.68. The minimum Gasteiger partial charge on any atom is -0.385 e. The summed E-state index contributed by atoms with van der Waals surface area (Å²) in [6.45, 7) is 8.39. The summed E-state index contributed by atoms with van der Waals surface area (Å²) in [6.07, 6.45) is -0.0549. The van der Waals surface area contributed by atoms with E-state index < -0.39 is 5.60 Å². The molecule has 0 radical (unpaired) electrons. The summed E-state index contributed by atoms with van der Waals surface area (Å²) in [6, 6.07) is 10.0. The van der Waals surface area contributed by atoms with E-state index >= 15 is 0 Å². The molecule has 22 heavy (non-hydrogen) atoms. The van der Waals surface area contributed by atoms with Crippen LogP contribution in [0, 0.1) is 0 Å². The number of aliphatic hydroxyl groups is 1. The second-order valence-corrected chi connectivity index (χ2v) is 7.09. The van der Waals surface area contributed by atoms with Crippen molar-refractivity contribution in [2.75, 3.05) is 0 Å². The van der Waals surface area contributed by atoms with Gasteiger partial charge in [0.25, 0.3) is 0 Å². The Labute approximate surface area is 132 Å². The Morgan fingerprint density at radius 3 is 2.32 bits per heavy atom. The minimum absolute atomic E-state index is 0.0677. The highest BCUT2D eigenvalue weighted by atomic mass is 16.7. The van der Waals surface area contributed by atoms with E-state index in [1.807, 2.05) is 44.2 Å². The number of epoxide rings is 1. The first-order chi connectivity index (χ1) is 10.4. The molecule has 1 aromatic rings. The highest BCUT2D eigenvalue weighted by molar-refractivity contribution is 5.15. The average molecular weight is 306 g/mol. The zero-order valence-electron chi connectivity index (χ0n) is 13.8. The Balaban J connectivity index is 1.71. The largest absolute Gasteiger partial charge is 0.385 e. The highest BCUT2D eigenvalue weighted by Crippen LogP contribution is 2.47. The molecule has 2 fully saturated rings. The molecule has 2 aliphatic heterocycles. The van der Waals surface area contributed by atoms with Gasteiger partial charge in [0.2, 0.25) is 0 Å². The Morgan fingerprint density at radius 2 is 1.77 bits per heavy atom. The van der Waals surface area contributed by atoms with Crippen molar-refractivity contribution >= 4 is 0 Å². The molecule has 2 saturated heterocycles. The van der Waals surface area contributed by atoms with Gasteiger partial charge in [-0.2, -0.15) is 0 Å². The maximum Gasteiger partial charge on any atom is 0.119 e. The SMILES string of the molecule is CC[C@@H]1OC(C2OC2(C)C)[C@](C)(O)[C@H]1OCc1ccccc1. The van der Waals surface area contributed by atoms with Crippen LogP contribution in [0.25, 0.3) is 0 Å². The van der Waals surface area contributed by atoms with Gasteiger partial charge in [-0.1, -0.05) is 37.3 Å². The maximum absolute atomic E-state index is 11.0. The third-order valence-electron chi connectivity index (χ3n) is 4.82. The molecule has 0 aliphatic carbocycles. The van der Waals surface area contributed by atoms with Crippen LogP contribution in [-0.2, 0) is 20.8 Å². The second-order valence-electron chi connectivity index (χ2n) is 7.09. The molecular formula is C18H26O4. The van der Waals surface area contributed by atoms with E-state index in [-0.39, 0.29) is 30.0 Å². The van der Waals surface area contributed by atoms with E-state index in [0.717, 1.165) is 12.0 Å². The summed E-state index contributed by atoms with van der Waals surface area (Å²) < 4.78 is 17.8. The molecule has 1 aromatic carbocycles. The van der Waals surface area contributed by atoms with Gasteiger partial charge in [-0.3, -0.25) is 0 Å². The molecule has 2 aliphatic rings. The number of rotatable bonds is 5. The number of hydrogen-bond donors (Lipinski definition) is 1. The number of ether oxygens (including phenoxy) is 3. The van der Waals surface area contributed by atoms with Gasteiger partial charge < -0.3 is 19.3 Å². The van der Waals surface area contributed by atoms with Crippen LogP contribution in [0.15, 0.2) is 30.3 Å². The predicted molar refractivity (Wildman–Crippen MR) is 83.5 cm³/mol. The molecule has 4 heteroatoms. The zero-order chi connectivity index (χ0) is 16.0. The van der Waals surface area contributed by atoms with E-state index in [2.05, 4.69) is 6.92 Å². The van der Waals surface area contributed by atoms with Crippen LogP contribution < -0.4 is 0 Å². The van der Waals surface area contributed by atoms with Gasteiger partial charge in [0.1, 0.15) is 23.9 Å². The zero-order valence-corrected chi connectivity index (χ0v) is 13.8. The van der Waals surface area contributed by atoms with Crippen molar-refractivity contribution in [3.05, 3.63) is 35.9 Å². The lowest BCUT2D eigenvalue weighted by molar-refractivity contribution is -0.101. The van der Waals surface area contributed by atoms with E-state index in [1.165, 1.54) is 0 Å². The molecule has 0 saturated carbocycles. The van der Waals surface area contributed by atoms with Crippen LogP contribution in [0.3, 0.4) is 0 Å². The fourth-order valence-corrected chi connectivity index (χ4v) is 3.38. The molecule has 0 aromatic heterocycles. The fraction of sp³-hybridized carbons (Fsp3) is 0.667. The Morgan fingerprint density at radius 1 is 1.14 bits per heavy atom. The lowest BCUT2D eigenvalue weighted by atomic mass is 9.87. The molecule has 122 valence electrons. The van der Waals surface area contributed by atoms with Gasteiger partial charge in [0.15, 0.2) is 0 Å². The van der Waals surface area contributed by atoms with Crippen molar-refractivity contribution in [2.45, 2.75) is 76.3 Å². The number of hydrogen-bond acceptors (Lipinski definition) is 4. The molecule has 4 nitrogen and oxygen atoms in total. The first kappa shape index (κ1) is 15.9. The van der Waals surface area contributed by atoms with E-state index in [1.54, 1.807) is 6.92 Å². The molecule has 5 atom stereocenters. The fourth-order valence-electron chi connectivity index (χ4n) is 3.38. The highest BCUT2D eigenvalue weighted by Gasteiger charge is 2.65. The van der Waals surface area contributed by atoms with Gasteiger partial charge >= 0.3 is 0 Å². The van der Waals surface area contributed by atoms with Crippen molar-refractivity contribution < 1.29 is 19.3 Å². The summed E-state index contributed by atoms with van der Waals surface area (Å²) in [5.41, 5.74) is -0.172. The van der Waals surface area contributed by atoms with Gasteiger partial charge in [-0.25, -0.2) is 0 Å². The molecule has 2 heterocycles. The standard InChI is InChI=1S/C18H26O4/c1-5-13-14(20-11-12-9-7-6-8-10-12)18(4,19)16(21-13)15-17(2,3)22-15/h6-10,13-16,19H,5,11H2,1-4H3/t13-,14-,15?,16?,18+/m0/s1. The molecule has 0 amide bonds. The van der Waals surface area contributed by atoms with Gasteiger partial charge in [-0.15, -0.1) is 0 Å². The van der Waals surface area contributed by atoms with Crippen LogP contribution in [0.2, 0.25) is 0 Å². The van der Waals surface area contributed by atoms with Gasteiger partial charge in [-0.05, 0) is 32.8 Å². The van der Waals surface area contributed by atoms with E-state index in [0.29, 0.717) is 6.61 Å². The van der Waals surface area contributed by atoms with E-state index in [4.69, 9.17) is 14.2 Å². The van der Waals surface area contributed by atoms with Crippen LogP contribution in [-0.4, -0.2) is 40.7 Å². The van der Waals surface area contributed by atoms with Crippen LogP contribution in [0.4, 0.5) is 0 Å².